The standard InChI is InChI=1S/C15H19N3O3S/c1-2-16-15(19)11-6-5-9-18(10-11)14-12-7-3-4-8-13(12)22(20,21)17-14/h3-4,7-8,11H,2,5-6,9-10H2,1H3,(H,16,19). The number of fused-ring (bicyclic) bond motifs is 1. The summed E-state index contributed by atoms with van der Waals surface area (Å²) < 4.78 is 28.2. The van der Waals surface area contributed by atoms with Gasteiger partial charge in [-0.05, 0) is 31.9 Å². The average molecular weight is 321 g/mol. The van der Waals surface area contributed by atoms with Gasteiger partial charge in [0.15, 0.2) is 5.84 Å². The molecule has 1 fully saturated rings. The number of amides is 1. The summed E-state index contributed by atoms with van der Waals surface area (Å²) in [5.41, 5.74) is 0.638. The number of carbonyl (C=O) groups is 1. The van der Waals surface area contributed by atoms with E-state index in [0.29, 0.717) is 24.5 Å². The maximum atomic E-state index is 12.1. The fourth-order valence-corrected chi connectivity index (χ4v) is 4.25. The van der Waals surface area contributed by atoms with Crippen molar-refractivity contribution in [3.05, 3.63) is 29.8 Å². The second-order valence-electron chi connectivity index (χ2n) is 5.57. The van der Waals surface area contributed by atoms with E-state index in [0.717, 1.165) is 19.4 Å². The maximum Gasteiger partial charge on any atom is 0.285 e. The van der Waals surface area contributed by atoms with Crippen LogP contribution in [0.1, 0.15) is 25.3 Å². The molecule has 2 aliphatic heterocycles. The van der Waals surface area contributed by atoms with E-state index in [2.05, 4.69) is 9.71 Å². The molecule has 1 saturated heterocycles. The number of nitrogens with one attached hydrogen (secondary N) is 1. The molecule has 0 aromatic heterocycles. The lowest BCUT2D eigenvalue weighted by molar-refractivity contribution is -0.126. The van der Waals surface area contributed by atoms with Gasteiger partial charge >= 0.3 is 0 Å². The van der Waals surface area contributed by atoms with Crippen LogP contribution in [-0.2, 0) is 14.8 Å². The van der Waals surface area contributed by atoms with Gasteiger partial charge in [-0.2, -0.15) is 8.42 Å². The predicted molar refractivity (Wildman–Crippen MR) is 83.1 cm³/mol. The Labute approximate surface area is 130 Å². The molecule has 0 radical (unpaired) electrons. The summed E-state index contributed by atoms with van der Waals surface area (Å²) in [5.74, 6) is 0.387. The summed E-state index contributed by atoms with van der Waals surface area (Å²) in [6.45, 7) is 3.73. The van der Waals surface area contributed by atoms with Gasteiger partial charge in [-0.3, -0.25) is 4.79 Å². The fourth-order valence-electron chi connectivity index (χ4n) is 3.02. The van der Waals surface area contributed by atoms with Crippen molar-refractivity contribution in [2.24, 2.45) is 10.3 Å². The van der Waals surface area contributed by atoms with E-state index in [1.165, 1.54) is 0 Å². The summed E-state index contributed by atoms with van der Waals surface area (Å²) >= 11 is 0. The first-order valence-corrected chi connectivity index (χ1v) is 8.94. The van der Waals surface area contributed by atoms with Gasteiger partial charge in [-0.15, -0.1) is 4.40 Å². The smallest absolute Gasteiger partial charge is 0.285 e. The van der Waals surface area contributed by atoms with Crippen molar-refractivity contribution in [3.63, 3.8) is 0 Å². The van der Waals surface area contributed by atoms with Gasteiger partial charge < -0.3 is 10.2 Å². The maximum absolute atomic E-state index is 12.1. The van der Waals surface area contributed by atoms with Gasteiger partial charge in [0, 0.05) is 25.2 Å². The molecule has 2 heterocycles. The lowest BCUT2D eigenvalue weighted by atomic mass is 9.96. The van der Waals surface area contributed by atoms with Gasteiger partial charge in [0.2, 0.25) is 5.91 Å². The Kier molecular flexibility index (Phi) is 3.90. The van der Waals surface area contributed by atoms with Crippen LogP contribution in [0.25, 0.3) is 0 Å². The molecule has 0 aliphatic carbocycles. The van der Waals surface area contributed by atoms with Crippen LogP contribution in [0.15, 0.2) is 33.6 Å². The van der Waals surface area contributed by atoms with E-state index in [9.17, 15) is 13.2 Å². The minimum absolute atomic E-state index is 0.0296. The Balaban J connectivity index is 1.87. The number of rotatable bonds is 2. The van der Waals surface area contributed by atoms with Crippen molar-refractivity contribution in [1.29, 1.82) is 0 Å². The molecule has 118 valence electrons. The molecule has 6 nitrogen and oxygen atoms in total. The molecule has 1 atom stereocenters. The zero-order chi connectivity index (χ0) is 15.7. The predicted octanol–water partition coefficient (Wildman–Crippen LogP) is 0.984. The first-order chi connectivity index (χ1) is 10.5. The third-order valence-electron chi connectivity index (χ3n) is 4.06. The molecule has 0 spiro atoms. The van der Waals surface area contributed by atoms with Crippen molar-refractivity contribution in [2.75, 3.05) is 19.6 Å². The molecule has 1 aromatic carbocycles. The molecule has 0 saturated carbocycles. The number of hydrogen-bond donors (Lipinski definition) is 1. The zero-order valence-electron chi connectivity index (χ0n) is 12.4. The highest BCUT2D eigenvalue weighted by Gasteiger charge is 2.34. The van der Waals surface area contributed by atoms with E-state index in [1.807, 2.05) is 11.8 Å². The second-order valence-corrected chi connectivity index (χ2v) is 7.14. The molecule has 2 aliphatic rings. The molecule has 1 amide bonds. The van der Waals surface area contributed by atoms with E-state index in [4.69, 9.17) is 0 Å². The van der Waals surface area contributed by atoms with Crippen LogP contribution < -0.4 is 5.32 Å². The van der Waals surface area contributed by atoms with Gasteiger partial charge in [-0.1, -0.05) is 12.1 Å². The zero-order valence-corrected chi connectivity index (χ0v) is 13.3. The van der Waals surface area contributed by atoms with Crippen LogP contribution in [0.3, 0.4) is 0 Å². The summed E-state index contributed by atoms with van der Waals surface area (Å²) in [6.07, 6.45) is 1.67. The molecule has 22 heavy (non-hydrogen) atoms. The summed E-state index contributed by atoms with van der Waals surface area (Å²) in [7, 11) is -3.61. The SMILES string of the molecule is CCNC(=O)C1CCCN(C2=NS(=O)(=O)c3ccccc32)C1. The van der Waals surface area contributed by atoms with Crippen molar-refractivity contribution < 1.29 is 13.2 Å². The molecule has 1 N–H and O–H groups in total. The molecular weight excluding hydrogens is 302 g/mol. The highest BCUT2D eigenvalue weighted by atomic mass is 32.2. The Morgan fingerprint density at radius 2 is 2.18 bits per heavy atom. The molecule has 1 aromatic rings. The largest absolute Gasteiger partial charge is 0.356 e. The molecule has 0 bridgehead atoms. The van der Waals surface area contributed by atoms with Crippen LogP contribution >= 0.6 is 0 Å². The number of sulfonamides is 1. The number of likely N-dealkylation sites (tertiary alicyclic amines) is 1. The molecule has 3 rings (SSSR count). The van der Waals surface area contributed by atoms with Crippen LogP contribution in [-0.4, -0.2) is 44.7 Å². The number of carbonyl (C=O) groups excluding carboxylic acids is 1. The highest BCUT2D eigenvalue weighted by Crippen LogP contribution is 2.29. The van der Waals surface area contributed by atoms with Crippen LogP contribution in [0.5, 0.6) is 0 Å². The third kappa shape index (κ3) is 2.61. The Bertz CT molecular complexity index is 727. The minimum Gasteiger partial charge on any atom is -0.356 e. The van der Waals surface area contributed by atoms with Gasteiger partial charge in [0.05, 0.1) is 5.92 Å². The average Bonchev–Trinajstić information content (AvgIpc) is 2.80. The lowest BCUT2D eigenvalue weighted by Crippen LogP contribution is -2.45. The highest BCUT2D eigenvalue weighted by molar-refractivity contribution is 7.90. The van der Waals surface area contributed by atoms with Crippen molar-refractivity contribution in [2.45, 2.75) is 24.7 Å². The Hall–Kier alpha value is -1.89. The monoisotopic (exact) mass is 321 g/mol. The topological polar surface area (TPSA) is 78.8 Å². The third-order valence-corrected chi connectivity index (χ3v) is 5.38. The minimum atomic E-state index is -3.61. The first kappa shape index (κ1) is 15.0. The Morgan fingerprint density at radius 3 is 2.95 bits per heavy atom. The number of piperidine rings is 1. The summed E-state index contributed by atoms with van der Waals surface area (Å²) in [6, 6.07) is 6.85. The summed E-state index contributed by atoms with van der Waals surface area (Å²) in [5, 5.41) is 2.84. The quantitative estimate of drug-likeness (QED) is 0.881. The van der Waals surface area contributed by atoms with Crippen LogP contribution in [0.4, 0.5) is 0 Å². The number of benzene rings is 1. The number of nitrogens with zero attached hydrogens (tertiary/aromatic N) is 2. The first-order valence-electron chi connectivity index (χ1n) is 7.50. The fraction of sp³-hybridized carbons (Fsp3) is 0.467. The van der Waals surface area contributed by atoms with Crippen molar-refractivity contribution in [3.8, 4) is 0 Å². The lowest BCUT2D eigenvalue weighted by Gasteiger charge is -2.33. The van der Waals surface area contributed by atoms with Gasteiger partial charge in [0.25, 0.3) is 10.0 Å². The van der Waals surface area contributed by atoms with Gasteiger partial charge in [-0.25, -0.2) is 0 Å². The normalized spacial score (nSPS) is 22.9. The number of hydrogen-bond acceptors (Lipinski definition) is 4. The molecule has 1 unspecified atom stereocenters. The van der Waals surface area contributed by atoms with E-state index in [1.54, 1.807) is 24.3 Å². The van der Waals surface area contributed by atoms with Gasteiger partial charge in [0.1, 0.15) is 4.90 Å². The number of amidine groups is 1. The van der Waals surface area contributed by atoms with Crippen molar-refractivity contribution >= 4 is 21.8 Å². The molecular formula is C15H19N3O3S. The van der Waals surface area contributed by atoms with E-state index in [-0.39, 0.29) is 16.7 Å². The molecule has 7 heteroatoms. The second kappa shape index (κ2) is 5.72. The summed E-state index contributed by atoms with van der Waals surface area (Å²) in [4.78, 5) is 14.2. The van der Waals surface area contributed by atoms with Crippen molar-refractivity contribution in [1.82, 2.24) is 10.2 Å². The van der Waals surface area contributed by atoms with E-state index >= 15 is 0 Å². The van der Waals surface area contributed by atoms with Crippen LogP contribution in [0.2, 0.25) is 0 Å². The Morgan fingerprint density at radius 1 is 1.41 bits per heavy atom. The van der Waals surface area contributed by atoms with Crippen LogP contribution in [0, 0.1) is 5.92 Å². The van der Waals surface area contributed by atoms with E-state index < -0.39 is 10.0 Å².